The molecule has 0 unspecified atom stereocenters. The molecule has 0 saturated carbocycles. The van der Waals surface area contributed by atoms with Gasteiger partial charge in [-0.1, -0.05) is 25.1 Å². The summed E-state index contributed by atoms with van der Waals surface area (Å²) in [7, 11) is 0. The summed E-state index contributed by atoms with van der Waals surface area (Å²) in [6.07, 6.45) is 3.32. The molecule has 1 aliphatic carbocycles. The molecule has 1 aromatic carbocycles. The standard InChI is InChI=1S/C23H24N2O4/c1-14-9-10-20-18(12-14)21(17-7-3-4-8-19(17)25-20)23(27)29-15(2)22(26)24-13-16-6-5-11-28-16/h3-8,11,14-15H,9-10,12-13H2,1-2H3,(H,24,26)/t14-,15+/m1/s1. The van der Waals surface area contributed by atoms with E-state index in [2.05, 4.69) is 12.2 Å². The third-order valence-corrected chi connectivity index (χ3v) is 5.38. The van der Waals surface area contributed by atoms with Gasteiger partial charge in [0.25, 0.3) is 5.91 Å². The number of amides is 1. The number of benzene rings is 1. The van der Waals surface area contributed by atoms with Crippen molar-refractivity contribution < 1.29 is 18.7 Å². The van der Waals surface area contributed by atoms with Gasteiger partial charge in [0.05, 0.1) is 23.9 Å². The van der Waals surface area contributed by atoms with Crippen molar-refractivity contribution in [2.24, 2.45) is 5.92 Å². The number of esters is 1. The van der Waals surface area contributed by atoms with E-state index >= 15 is 0 Å². The Morgan fingerprint density at radius 1 is 1.28 bits per heavy atom. The van der Waals surface area contributed by atoms with Crippen molar-refractivity contribution in [3.05, 3.63) is 65.2 Å². The highest BCUT2D eigenvalue weighted by Gasteiger charge is 2.28. The monoisotopic (exact) mass is 392 g/mol. The van der Waals surface area contributed by atoms with Gasteiger partial charge in [-0.25, -0.2) is 4.79 Å². The van der Waals surface area contributed by atoms with E-state index in [0.29, 0.717) is 17.2 Å². The Balaban J connectivity index is 1.57. The summed E-state index contributed by atoms with van der Waals surface area (Å²) in [6.45, 7) is 4.00. The van der Waals surface area contributed by atoms with Crippen molar-refractivity contribution in [3.63, 3.8) is 0 Å². The van der Waals surface area contributed by atoms with Gasteiger partial charge in [-0.05, 0) is 55.9 Å². The third-order valence-electron chi connectivity index (χ3n) is 5.38. The molecule has 2 atom stereocenters. The number of rotatable bonds is 5. The molecule has 150 valence electrons. The van der Waals surface area contributed by atoms with E-state index < -0.39 is 12.1 Å². The molecule has 1 aliphatic rings. The number of nitrogens with zero attached hydrogens (tertiary/aromatic N) is 1. The van der Waals surface area contributed by atoms with Crippen molar-refractivity contribution in [3.8, 4) is 0 Å². The molecule has 4 rings (SSSR count). The lowest BCUT2D eigenvalue weighted by Gasteiger charge is -2.24. The lowest BCUT2D eigenvalue weighted by Crippen LogP contribution is -2.35. The minimum absolute atomic E-state index is 0.249. The molecule has 0 aliphatic heterocycles. The highest BCUT2D eigenvalue weighted by molar-refractivity contribution is 6.05. The Kier molecular flexibility index (Phi) is 5.34. The van der Waals surface area contributed by atoms with Crippen LogP contribution in [0.4, 0.5) is 0 Å². The Morgan fingerprint density at radius 2 is 2.10 bits per heavy atom. The number of furan rings is 1. The summed E-state index contributed by atoms with van der Waals surface area (Å²) in [5.74, 6) is 0.274. The van der Waals surface area contributed by atoms with Crippen molar-refractivity contribution in [2.75, 3.05) is 0 Å². The number of hydrogen-bond acceptors (Lipinski definition) is 5. The zero-order valence-corrected chi connectivity index (χ0v) is 16.6. The maximum absolute atomic E-state index is 13.1. The number of carbonyl (C=O) groups is 2. The van der Waals surface area contributed by atoms with Crippen LogP contribution in [0.15, 0.2) is 47.1 Å². The molecular formula is C23H24N2O4. The number of pyridine rings is 1. The summed E-state index contributed by atoms with van der Waals surface area (Å²) in [4.78, 5) is 30.3. The van der Waals surface area contributed by atoms with Crippen LogP contribution < -0.4 is 5.32 Å². The number of para-hydroxylation sites is 1. The predicted molar refractivity (Wildman–Crippen MR) is 108 cm³/mol. The van der Waals surface area contributed by atoms with Crippen LogP contribution in [-0.2, 0) is 28.9 Å². The number of aryl methyl sites for hydroxylation is 1. The van der Waals surface area contributed by atoms with Crippen LogP contribution in [0.2, 0.25) is 0 Å². The average Bonchev–Trinajstić information content (AvgIpc) is 3.23. The Morgan fingerprint density at radius 3 is 2.90 bits per heavy atom. The second-order valence-electron chi connectivity index (χ2n) is 7.62. The summed E-state index contributed by atoms with van der Waals surface area (Å²) in [5.41, 5.74) is 3.24. The third kappa shape index (κ3) is 4.01. The zero-order valence-electron chi connectivity index (χ0n) is 16.6. The molecule has 6 heteroatoms. The van der Waals surface area contributed by atoms with Gasteiger partial charge in [-0.2, -0.15) is 0 Å². The van der Waals surface area contributed by atoms with Gasteiger partial charge in [0.2, 0.25) is 0 Å². The first-order chi connectivity index (χ1) is 14.0. The smallest absolute Gasteiger partial charge is 0.339 e. The Hall–Kier alpha value is -3.15. The zero-order chi connectivity index (χ0) is 20.4. The summed E-state index contributed by atoms with van der Waals surface area (Å²) in [5, 5.41) is 3.50. The second kappa shape index (κ2) is 8.07. The van der Waals surface area contributed by atoms with E-state index in [0.717, 1.165) is 41.4 Å². The summed E-state index contributed by atoms with van der Waals surface area (Å²) < 4.78 is 10.8. The van der Waals surface area contributed by atoms with E-state index in [1.807, 2.05) is 24.3 Å². The van der Waals surface area contributed by atoms with Gasteiger partial charge in [-0.15, -0.1) is 0 Å². The van der Waals surface area contributed by atoms with Crippen molar-refractivity contribution >= 4 is 22.8 Å². The molecule has 0 bridgehead atoms. The lowest BCUT2D eigenvalue weighted by molar-refractivity contribution is -0.129. The number of hydrogen-bond donors (Lipinski definition) is 1. The van der Waals surface area contributed by atoms with Gasteiger partial charge in [0, 0.05) is 11.1 Å². The van der Waals surface area contributed by atoms with Crippen LogP contribution in [0, 0.1) is 5.92 Å². The Labute approximate surface area is 169 Å². The molecule has 29 heavy (non-hydrogen) atoms. The number of fused-ring (bicyclic) bond motifs is 2. The topological polar surface area (TPSA) is 81.4 Å². The summed E-state index contributed by atoms with van der Waals surface area (Å²) >= 11 is 0. The SMILES string of the molecule is C[C@@H]1CCc2nc3ccccc3c(C(=O)O[C@@H](C)C(=O)NCc3ccco3)c2C1. The molecule has 0 fully saturated rings. The van der Waals surface area contributed by atoms with Crippen LogP contribution in [0.1, 0.15) is 47.6 Å². The lowest BCUT2D eigenvalue weighted by atomic mass is 9.84. The van der Waals surface area contributed by atoms with Crippen LogP contribution in [0.3, 0.4) is 0 Å². The van der Waals surface area contributed by atoms with Crippen molar-refractivity contribution in [1.82, 2.24) is 10.3 Å². The molecule has 1 amide bonds. The first-order valence-electron chi connectivity index (χ1n) is 9.94. The molecule has 0 spiro atoms. The molecule has 2 aromatic heterocycles. The van der Waals surface area contributed by atoms with E-state index in [1.165, 1.54) is 0 Å². The predicted octanol–water partition coefficient (Wildman–Crippen LogP) is 3.81. The van der Waals surface area contributed by atoms with E-state index in [4.69, 9.17) is 14.1 Å². The van der Waals surface area contributed by atoms with Crippen molar-refractivity contribution in [1.29, 1.82) is 0 Å². The normalized spacial score (nSPS) is 16.8. The fraction of sp³-hybridized carbons (Fsp3) is 0.348. The van der Waals surface area contributed by atoms with Crippen LogP contribution in [0.25, 0.3) is 10.9 Å². The van der Waals surface area contributed by atoms with Gasteiger partial charge < -0.3 is 14.5 Å². The molecular weight excluding hydrogens is 368 g/mol. The van der Waals surface area contributed by atoms with Gasteiger partial charge in [-0.3, -0.25) is 9.78 Å². The number of carbonyl (C=O) groups excluding carboxylic acids is 2. The van der Waals surface area contributed by atoms with Gasteiger partial charge >= 0.3 is 5.97 Å². The first-order valence-corrected chi connectivity index (χ1v) is 9.94. The number of nitrogens with one attached hydrogen (secondary N) is 1. The minimum atomic E-state index is -0.916. The first kappa shape index (κ1) is 19.2. The molecule has 6 nitrogen and oxygen atoms in total. The highest BCUT2D eigenvalue weighted by atomic mass is 16.5. The van der Waals surface area contributed by atoms with Crippen molar-refractivity contribution in [2.45, 2.75) is 45.8 Å². The largest absolute Gasteiger partial charge is 0.467 e. The van der Waals surface area contributed by atoms with Crippen LogP contribution in [0.5, 0.6) is 0 Å². The molecule has 1 N–H and O–H groups in total. The molecule has 2 heterocycles. The molecule has 3 aromatic rings. The van der Waals surface area contributed by atoms with Crippen LogP contribution in [-0.4, -0.2) is 23.0 Å². The van der Waals surface area contributed by atoms with E-state index in [-0.39, 0.29) is 12.5 Å². The summed E-state index contributed by atoms with van der Waals surface area (Å²) in [6, 6.07) is 11.1. The van der Waals surface area contributed by atoms with E-state index in [9.17, 15) is 9.59 Å². The maximum atomic E-state index is 13.1. The highest BCUT2D eigenvalue weighted by Crippen LogP contribution is 2.32. The number of aromatic nitrogens is 1. The minimum Gasteiger partial charge on any atom is -0.467 e. The van der Waals surface area contributed by atoms with Gasteiger partial charge in [0.1, 0.15) is 5.76 Å². The fourth-order valence-corrected chi connectivity index (χ4v) is 3.80. The molecule has 0 saturated heterocycles. The fourth-order valence-electron chi connectivity index (χ4n) is 3.80. The average molecular weight is 392 g/mol. The maximum Gasteiger partial charge on any atom is 0.339 e. The Bertz CT molecular complexity index is 1040. The second-order valence-corrected chi connectivity index (χ2v) is 7.62. The number of ether oxygens (including phenoxy) is 1. The van der Waals surface area contributed by atoms with Gasteiger partial charge in [0.15, 0.2) is 6.10 Å². The van der Waals surface area contributed by atoms with E-state index in [1.54, 1.807) is 25.3 Å². The van der Waals surface area contributed by atoms with Crippen LogP contribution >= 0.6 is 0 Å². The molecule has 0 radical (unpaired) electrons. The quantitative estimate of drug-likeness (QED) is 0.668.